The lowest BCUT2D eigenvalue weighted by molar-refractivity contribution is -0.119. The van der Waals surface area contributed by atoms with Crippen molar-refractivity contribution < 1.29 is 27.5 Å². The Morgan fingerprint density at radius 1 is 1.11 bits per heavy atom. The third-order valence-corrected chi connectivity index (χ3v) is 4.75. The van der Waals surface area contributed by atoms with Crippen molar-refractivity contribution in [1.82, 2.24) is 0 Å². The highest BCUT2D eigenvalue weighted by atomic mass is 35.5. The van der Waals surface area contributed by atoms with E-state index in [1.165, 1.54) is 25.1 Å². The Bertz CT molecular complexity index is 1020. The molecule has 0 saturated carbocycles. The van der Waals surface area contributed by atoms with E-state index in [9.17, 15) is 22.8 Å². The van der Waals surface area contributed by atoms with Crippen molar-refractivity contribution in [2.45, 2.75) is 11.8 Å². The number of ether oxygens (including phenoxy) is 1. The van der Waals surface area contributed by atoms with Gasteiger partial charge < -0.3 is 10.1 Å². The number of halogens is 1. The van der Waals surface area contributed by atoms with Gasteiger partial charge in [-0.25, -0.2) is 18.4 Å². The van der Waals surface area contributed by atoms with Gasteiger partial charge in [0.25, 0.3) is 5.91 Å². The summed E-state index contributed by atoms with van der Waals surface area (Å²) in [5.74, 6) is -1.72. The van der Waals surface area contributed by atoms with E-state index in [0.717, 1.165) is 6.07 Å². The SMILES string of the molecule is CC(=O)c1cccc(NC(=O)COC(=O)c2ccc(Cl)c(S(N)(=O)=O)c2)c1. The van der Waals surface area contributed by atoms with Crippen molar-refractivity contribution in [3.8, 4) is 0 Å². The molecule has 0 aliphatic carbocycles. The Morgan fingerprint density at radius 2 is 1.81 bits per heavy atom. The summed E-state index contributed by atoms with van der Waals surface area (Å²) in [6.45, 7) is 0.779. The fraction of sp³-hybridized carbons (Fsp3) is 0.118. The zero-order chi connectivity index (χ0) is 20.2. The van der Waals surface area contributed by atoms with Crippen molar-refractivity contribution in [2.75, 3.05) is 11.9 Å². The molecule has 0 spiro atoms. The second kappa shape index (κ2) is 8.30. The number of esters is 1. The molecule has 142 valence electrons. The number of nitrogens with one attached hydrogen (secondary N) is 1. The van der Waals surface area contributed by atoms with Crippen LogP contribution in [0.5, 0.6) is 0 Å². The number of Topliss-reactive ketones (excluding diaryl/α,β-unsaturated/α-hetero) is 1. The molecule has 2 aromatic carbocycles. The molecule has 0 aliphatic heterocycles. The van der Waals surface area contributed by atoms with E-state index in [0.29, 0.717) is 11.3 Å². The fourth-order valence-electron chi connectivity index (χ4n) is 2.08. The number of sulfonamides is 1. The van der Waals surface area contributed by atoms with Crippen molar-refractivity contribution >= 4 is 45.0 Å². The van der Waals surface area contributed by atoms with Gasteiger partial charge in [-0.1, -0.05) is 23.7 Å². The predicted molar refractivity (Wildman–Crippen MR) is 98.2 cm³/mol. The third-order valence-electron chi connectivity index (χ3n) is 3.36. The predicted octanol–water partition coefficient (Wildman–Crippen LogP) is 1.99. The number of hydrogen-bond donors (Lipinski definition) is 2. The van der Waals surface area contributed by atoms with Crippen LogP contribution in [0, 0.1) is 0 Å². The van der Waals surface area contributed by atoms with Crippen molar-refractivity contribution in [1.29, 1.82) is 0 Å². The van der Waals surface area contributed by atoms with Crippen LogP contribution in [-0.4, -0.2) is 32.7 Å². The number of anilines is 1. The number of rotatable bonds is 6. The van der Waals surface area contributed by atoms with Gasteiger partial charge in [-0.15, -0.1) is 0 Å². The lowest BCUT2D eigenvalue weighted by atomic mass is 10.1. The maximum atomic E-state index is 12.0. The average molecular weight is 411 g/mol. The first-order valence-corrected chi connectivity index (χ1v) is 9.40. The molecule has 0 saturated heterocycles. The van der Waals surface area contributed by atoms with Gasteiger partial charge in [0.05, 0.1) is 10.6 Å². The van der Waals surface area contributed by atoms with Crippen LogP contribution < -0.4 is 10.5 Å². The van der Waals surface area contributed by atoms with Gasteiger partial charge in [0.1, 0.15) is 4.90 Å². The third kappa shape index (κ3) is 5.61. The second-order valence-electron chi connectivity index (χ2n) is 5.45. The first-order valence-electron chi connectivity index (χ1n) is 7.48. The molecular weight excluding hydrogens is 396 g/mol. The first-order chi connectivity index (χ1) is 12.6. The van der Waals surface area contributed by atoms with E-state index in [1.807, 2.05) is 0 Å². The van der Waals surface area contributed by atoms with Gasteiger partial charge in [-0.05, 0) is 37.3 Å². The minimum atomic E-state index is -4.12. The van der Waals surface area contributed by atoms with Crippen molar-refractivity contribution in [3.63, 3.8) is 0 Å². The number of carbonyl (C=O) groups is 3. The highest BCUT2D eigenvalue weighted by Crippen LogP contribution is 2.22. The summed E-state index contributed by atoms with van der Waals surface area (Å²) in [6, 6.07) is 9.65. The largest absolute Gasteiger partial charge is 0.452 e. The zero-order valence-electron chi connectivity index (χ0n) is 14.1. The second-order valence-corrected chi connectivity index (χ2v) is 7.39. The van der Waals surface area contributed by atoms with Crippen molar-refractivity contribution in [3.05, 3.63) is 58.6 Å². The summed E-state index contributed by atoms with van der Waals surface area (Å²) in [6.07, 6.45) is 0. The maximum Gasteiger partial charge on any atom is 0.338 e. The molecule has 0 heterocycles. The Kier molecular flexibility index (Phi) is 6.32. The Hall–Kier alpha value is -2.75. The lowest BCUT2D eigenvalue weighted by Gasteiger charge is -2.08. The summed E-state index contributed by atoms with van der Waals surface area (Å²) >= 11 is 5.74. The molecule has 2 aromatic rings. The fourth-order valence-corrected chi connectivity index (χ4v) is 3.15. The zero-order valence-corrected chi connectivity index (χ0v) is 15.6. The number of nitrogens with two attached hydrogens (primary N) is 1. The van der Waals surface area contributed by atoms with E-state index < -0.39 is 33.4 Å². The summed E-state index contributed by atoms with van der Waals surface area (Å²) in [5.41, 5.74) is 0.656. The molecule has 0 aliphatic rings. The van der Waals surface area contributed by atoms with Crippen LogP contribution in [0.3, 0.4) is 0 Å². The van der Waals surface area contributed by atoms with E-state index >= 15 is 0 Å². The summed E-state index contributed by atoms with van der Waals surface area (Å²) < 4.78 is 27.7. The molecule has 10 heteroatoms. The van der Waals surface area contributed by atoms with E-state index in [2.05, 4.69) is 5.32 Å². The van der Waals surface area contributed by atoms with Gasteiger partial charge >= 0.3 is 5.97 Å². The normalized spacial score (nSPS) is 10.9. The smallest absolute Gasteiger partial charge is 0.338 e. The van der Waals surface area contributed by atoms with Crippen LogP contribution in [0.1, 0.15) is 27.6 Å². The standard InChI is InChI=1S/C17H15ClN2O6S/c1-10(21)11-3-2-4-13(7-11)20-16(22)9-26-17(23)12-5-6-14(18)15(8-12)27(19,24)25/h2-8H,9H2,1H3,(H,20,22)(H2,19,24,25). The highest BCUT2D eigenvalue weighted by Gasteiger charge is 2.18. The molecule has 0 aromatic heterocycles. The monoisotopic (exact) mass is 410 g/mol. The molecule has 2 rings (SSSR count). The quantitative estimate of drug-likeness (QED) is 0.552. The van der Waals surface area contributed by atoms with Gasteiger partial charge in [0.2, 0.25) is 10.0 Å². The Balaban J connectivity index is 2.02. The Labute approximate surface area is 160 Å². The topological polar surface area (TPSA) is 133 Å². The summed E-state index contributed by atoms with van der Waals surface area (Å²) in [7, 11) is -4.12. The number of primary sulfonamides is 1. The van der Waals surface area contributed by atoms with E-state index in [4.69, 9.17) is 21.5 Å². The number of carbonyl (C=O) groups excluding carboxylic acids is 3. The minimum absolute atomic E-state index is 0.130. The lowest BCUT2D eigenvalue weighted by Crippen LogP contribution is -2.21. The maximum absolute atomic E-state index is 12.0. The molecule has 27 heavy (non-hydrogen) atoms. The van der Waals surface area contributed by atoms with Crippen molar-refractivity contribution in [2.24, 2.45) is 5.14 Å². The molecule has 0 unspecified atom stereocenters. The molecule has 0 radical (unpaired) electrons. The van der Waals surface area contributed by atoms with Gasteiger partial charge in [0, 0.05) is 11.3 Å². The molecule has 1 amide bonds. The highest BCUT2D eigenvalue weighted by molar-refractivity contribution is 7.89. The van der Waals surface area contributed by atoms with Crippen LogP contribution in [0.25, 0.3) is 0 Å². The van der Waals surface area contributed by atoms with Crippen LogP contribution >= 0.6 is 11.6 Å². The van der Waals surface area contributed by atoms with Crippen LogP contribution in [-0.2, 0) is 19.6 Å². The molecule has 0 bridgehead atoms. The first kappa shape index (κ1) is 20.6. The number of benzene rings is 2. The van der Waals surface area contributed by atoms with E-state index in [-0.39, 0.29) is 16.4 Å². The number of hydrogen-bond acceptors (Lipinski definition) is 6. The number of amides is 1. The van der Waals surface area contributed by atoms with Gasteiger partial charge in [-0.2, -0.15) is 0 Å². The molecule has 0 atom stereocenters. The summed E-state index contributed by atoms with van der Waals surface area (Å²) in [5, 5.41) is 7.36. The van der Waals surface area contributed by atoms with Crippen LogP contribution in [0.4, 0.5) is 5.69 Å². The molecule has 0 fully saturated rings. The average Bonchev–Trinajstić information content (AvgIpc) is 2.59. The van der Waals surface area contributed by atoms with Crippen LogP contribution in [0.2, 0.25) is 5.02 Å². The van der Waals surface area contributed by atoms with E-state index in [1.54, 1.807) is 18.2 Å². The van der Waals surface area contributed by atoms with Gasteiger partial charge in [-0.3, -0.25) is 9.59 Å². The molecular formula is C17H15ClN2O6S. The Morgan fingerprint density at radius 3 is 2.44 bits per heavy atom. The van der Waals surface area contributed by atoms with Gasteiger partial charge in [0.15, 0.2) is 12.4 Å². The number of ketones is 1. The van der Waals surface area contributed by atoms with Crippen LogP contribution in [0.15, 0.2) is 47.4 Å². The summed E-state index contributed by atoms with van der Waals surface area (Å²) in [4.78, 5) is 34.8. The molecule has 3 N–H and O–H groups in total. The molecule has 8 nitrogen and oxygen atoms in total. The minimum Gasteiger partial charge on any atom is -0.452 e.